The van der Waals surface area contributed by atoms with Crippen LogP contribution in [0, 0.1) is 0 Å². The van der Waals surface area contributed by atoms with E-state index in [0.717, 1.165) is 56.0 Å². The molecule has 0 radical (unpaired) electrons. The molecule has 2 aromatic rings. The predicted molar refractivity (Wildman–Crippen MR) is 108 cm³/mol. The van der Waals surface area contributed by atoms with E-state index in [1.54, 1.807) is 6.20 Å². The lowest BCUT2D eigenvalue weighted by Crippen LogP contribution is -2.33. The summed E-state index contributed by atoms with van der Waals surface area (Å²) in [5.41, 5.74) is 2.15. The van der Waals surface area contributed by atoms with Gasteiger partial charge in [0.2, 0.25) is 5.91 Å². The Kier molecular flexibility index (Phi) is 6.32. The van der Waals surface area contributed by atoms with Crippen LogP contribution >= 0.6 is 0 Å². The minimum atomic E-state index is 0.244. The van der Waals surface area contributed by atoms with E-state index >= 15 is 0 Å². The summed E-state index contributed by atoms with van der Waals surface area (Å²) in [5, 5.41) is 7.74. The second kappa shape index (κ2) is 8.88. The van der Waals surface area contributed by atoms with E-state index in [0.29, 0.717) is 12.5 Å². The molecule has 1 N–H and O–H groups in total. The van der Waals surface area contributed by atoms with Gasteiger partial charge in [0.25, 0.3) is 0 Å². The second-order valence-corrected chi connectivity index (χ2v) is 7.40. The molecule has 2 aromatic heterocycles. The van der Waals surface area contributed by atoms with Crippen molar-refractivity contribution in [1.82, 2.24) is 19.7 Å². The number of hydrogen-bond acceptors (Lipinski definition) is 5. The van der Waals surface area contributed by atoms with Gasteiger partial charge in [0.15, 0.2) is 0 Å². The number of likely N-dealkylation sites (tertiary alicyclic amines) is 1. The summed E-state index contributed by atoms with van der Waals surface area (Å²) in [4.78, 5) is 21.1. The van der Waals surface area contributed by atoms with Crippen LogP contribution in [0.5, 0.6) is 0 Å². The zero-order valence-electron chi connectivity index (χ0n) is 16.6. The molecular weight excluding hydrogens is 340 g/mol. The molecule has 0 aromatic carbocycles. The zero-order chi connectivity index (χ0) is 19.2. The molecule has 7 heteroatoms. The number of anilines is 2. The molecule has 1 saturated heterocycles. The second-order valence-electron chi connectivity index (χ2n) is 7.40. The minimum absolute atomic E-state index is 0.244. The Bertz CT molecular complexity index is 739. The highest BCUT2D eigenvalue weighted by molar-refractivity contribution is 5.76. The van der Waals surface area contributed by atoms with Crippen molar-refractivity contribution in [3.8, 4) is 0 Å². The number of hydrogen-bond donors (Lipinski definition) is 1. The molecule has 1 aliphatic rings. The number of pyridine rings is 1. The fraction of sp³-hybridized carbons (Fsp3) is 0.550. The molecule has 1 atom stereocenters. The van der Waals surface area contributed by atoms with Crippen molar-refractivity contribution < 1.29 is 4.79 Å². The monoisotopic (exact) mass is 370 g/mol. The van der Waals surface area contributed by atoms with E-state index in [2.05, 4.69) is 21.5 Å². The van der Waals surface area contributed by atoms with Crippen LogP contribution in [0.25, 0.3) is 0 Å². The molecule has 1 amide bonds. The molecule has 1 fully saturated rings. The maximum absolute atomic E-state index is 12.6. The Labute approximate surface area is 161 Å². The first-order chi connectivity index (χ1) is 13.0. The number of nitrogens with zero attached hydrogens (tertiary/aromatic N) is 5. The van der Waals surface area contributed by atoms with Gasteiger partial charge in [0, 0.05) is 58.6 Å². The molecule has 0 bridgehead atoms. The lowest BCUT2D eigenvalue weighted by Gasteiger charge is -2.21. The largest absolute Gasteiger partial charge is 0.381 e. The number of amides is 1. The van der Waals surface area contributed by atoms with Gasteiger partial charge in [0.05, 0.1) is 11.9 Å². The average molecular weight is 371 g/mol. The van der Waals surface area contributed by atoms with Gasteiger partial charge >= 0.3 is 0 Å². The number of aromatic nitrogens is 3. The summed E-state index contributed by atoms with van der Waals surface area (Å²) in [6, 6.07) is 6.45. The van der Waals surface area contributed by atoms with Crippen LogP contribution in [0.1, 0.15) is 31.4 Å². The Balaban J connectivity index is 1.48. The standard InChI is InChI=1S/C20H30N6O/c1-24(2)19-8-6-17(15-21-19)23-16-5-4-13-26(14-11-16)20(27)9-7-18-10-12-22-25(18)3/h6,8,10,12,15-16,23H,4-5,7,9,11,13-14H2,1-3H3/t16-/m0/s1. The van der Waals surface area contributed by atoms with Gasteiger partial charge in [-0.15, -0.1) is 0 Å². The topological polar surface area (TPSA) is 66.3 Å². The van der Waals surface area contributed by atoms with Crippen LogP contribution in [-0.2, 0) is 18.3 Å². The Hall–Kier alpha value is -2.57. The fourth-order valence-corrected chi connectivity index (χ4v) is 3.50. The molecular formula is C20H30N6O. The van der Waals surface area contributed by atoms with Gasteiger partial charge in [-0.3, -0.25) is 9.48 Å². The van der Waals surface area contributed by atoms with Crippen LogP contribution in [0.15, 0.2) is 30.6 Å². The SMILES string of the molecule is CN(C)c1ccc(N[C@H]2CCCN(C(=O)CCc3ccnn3C)CC2)cn1. The molecule has 7 nitrogen and oxygen atoms in total. The summed E-state index contributed by atoms with van der Waals surface area (Å²) in [6.07, 6.45) is 8.02. The molecule has 0 unspecified atom stereocenters. The van der Waals surface area contributed by atoms with E-state index in [-0.39, 0.29) is 5.91 Å². The maximum Gasteiger partial charge on any atom is 0.222 e. The summed E-state index contributed by atoms with van der Waals surface area (Å²) < 4.78 is 1.84. The van der Waals surface area contributed by atoms with E-state index in [9.17, 15) is 4.79 Å². The molecule has 27 heavy (non-hydrogen) atoms. The quantitative estimate of drug-likeness (QED) is 0.845. The van der Waals surface area contributed by atoms with Crippen molar-refractivity contribution >= 4 is 17.4 Å². The zero-order valence-corrected chi connectivity index (χ0v) is 16.6. The third-order valence-electron chi connectivity index (χ3n) is 5.18. The highest BCUT2D eigenvalue weighted by Crippen LogP contribution is 2.19. The summed E-state index contributed by atoms with van der Waals surface area (Å²) in [5.74, 6) is 1.19. The Morgan fingerprint density at radius 3 is 2.78 bits per heavy atom. The number of carbonyl (C=O) groups excluding carboxylic acids is 1. The number of rotatable bonds is 6. The predicted octanol–water partition coefficient (Wildman–Crippen LogP) is 2.31. The van der Waals surface area contributed by atoms with Crippen molar-refractivity contribution in [3.63, 3.8) is 0 Å². The molecule has 0 saturated carbocycles. The first kappa shape index (κ1) is 19.2. The number of aryl methyl sites for hydroxylation is 2. The molecule has 0 aliphatic carbocycles. The first-order valence-corrected chi connectivity index (χ1v) is 9.67. The van der Waals surface area contributed by atoms with Crippen LogP contribution in [0.4, 0.5) is 11.5 Å². The van der Waals surface area contributed by atoms with Gasteiger partial charge in [-0.2, -0.15) is 5.10 Å². The molecule has 3 rings (SSSR count). The third-order valence-corrected chi connectivity index (χ3v) is 5.18. The third kappa shape index (κ3) is 5.21. The molecule has 1 aliphatic heterocycles. The summed E-state index contributed by atoms with van der Waals surface area (Å²) in [6.45, 7) is 1.66. The summed E-state index contributed by atoms with van der Waals surface area (Å²) in [7, 11) is 5.89. The smallest absolute Gasteiger partial charge is 0.222 e. The van der Waals surface area contributed by atoms with Crippen molar-refractivity contribution in [2.24, 2.45) is 7.05 Å². The maximum atomic E-state index is 12.6. The van der Waals surface area contributed by atoms with E-state index in [1.807, 2.05) is 54.0 Å². The highest BCUT2D eigenvalue weighted by atomic mass is 16.2. The Morgan fingerprint density at radius 2 is 2.11 bits per heavy atom. The van der Waals surface area contributed by atoms with Crippen molar-refractivity contribution in [1.29, 1.82) is 0 Å². The van der Waals surface area contributed by atoms with Gasteiger partial charge in [-0.05, 0) is 43.9 Å². The first-order valence-electron chi connectivity index (χ1n) is 9.67. The van der Waals surface area contributed by atoms with E-state index in [4.69, 9.17) is 0 Å². The minimum Gasteiger partial charge on any atom is -0.381 e. The van der Waals surface area contributed by atoms with Gasteiger partial charge in [-0.25, -0.2) is 4.98 Å². The summed E-state index contributed by atoms with van der Waals surface area (Å²) >= 11 is 0. The van der Waals surface area contributed by atoms with Crippen LogP contribution in [-0.4, -0.2) is 58.8 Å². The fourth-order valence-electron chi connectivity index (χ4n) is 3.50. The highest BCUT2D eigenvalue weighted by Gasteiger charge is 2.20. The van der Waals surface area contributed by atoms with Crippen LogP contribution < -0.4 is 10.2 Å². The van der Waals surface area contributed by atoms with Crippen LogP contribution in [0.3, 0.4) is 0 Å². The van der Waals surface area contributed by atoms with Crippen molar-refractivity contribution in [3.05, 3.63) is 36.3 Å². The average Bonchev–Trinajstić information content (AvgIpc) is 2.92. The lowest BCUT2D eigenvalue weighted by molar-refractivity contribution is -0.131. The lowest BCUT2D eigenvalue weighted by atomic mass is 10.1. The number of carbonyl (C=O) groups is 1. The van der Waals surface area contributed by atoms with Crippen molar-refractivity contribution in [2.75, 3.05) is 37.4 Å². The van der Waals surface area contributed by atoms with Crippen molar-refractivity contribution in [2.45, 2.75) is 38.1 Å². The van der Waals surface area contributed by atoms with E-state index < -0.39 is 0 Å². The molecule has 0 spiro atoms. The number of nitrogens with one attached hydrogen (secondary N) is 1. The van der Waals surface area contributed by atoms with Gasteiger partial charge < -0.3 is 15.1 Å². The van der Waals surface area contributed by atoms with Gasteiger partial charge in [0.1, 0.15) is 5.82 Å². The Morgan fingerprint density at radius 1 is 1.26 bits per heavy atom. The van der Waals surface area contributed by atoms with Gasteiger partial charge in [-0.1, -0.05) is 0 Å². The van der Waals surface area contributed by atoms with Crippen LogP contribution in [0.2, 0.25) is 0 Å². The van der Waals surface area contributed by atoms with E-state index in [1.165, 1.54) is 0 Å². The molecule has 3 heterocycles. The molecule has 146 valence electrons. The normalized spacial score (nSPS) is 17.4.